The number of halogens is 4. The second kappa shape index (κ2) is 8.58. The van der Waals surface area contributed by atoms with Crippen LogP contribution in [-0.4, -0.2) is 28.1 Å². The van der Waals surface area contributed by atoms with Gasteiger partial charge in [0.15, 0.2) is 11.7 Å². The average Bonchev–Trinajstić information content (AvgIpc) is 3.10. The SMILES string of the molecule is CSc1ccccc1NC(=O)c1nn2c(c1Br)N[C@H](c1ccccc1)C[C@@H]2C(F)(F)F. The number of amides is 1. The minimum Gasteiger partial charge on any atom is -0.362 e. The molecule has 2 N–H and O–H groups in total. The van der Waals surface area contributed by atoms with Gasteiger partial charge in [-0.05, 0) is 39.9 Å². The van der Waals surface area contributed by atoms with Gasteiger partial charge in [-0.15, -0.1) is 11.8 Å². The number of benzene rings is 2. The fraction of sp³-hybridized carbons (Fsp3) is 0.238. The van der Waals surface area contributed by atoms with Gasteiger partial charge in [0.2, 0.25) is 0 Å². The Kier molecular flexibility index (Phi) is 6.02. The van der Waals surface area contributed by atoms with Gasteiger partial charge >= 0.3 is 6.18 Å². The third-order valence-electron chi connectivity index (χ3n) is 5.07. The first-order valence-electron chi connectivity index (χ1n) is 9.40. The molecular weight excluding hydrogens is 493 g/mol. The molecule has 2 aromatic carbocycles. The van der Waals surface area contributed by atoms with Crippen LogP contribution >= 0.6 is 27.7 Å². The van der Waals surface area contributed by atoms with Crippen molar-refractivity contribution in [1.29, 1.82) is 0 Å². The van der Waals surface area contributed by atoms with E-state index in [0.29, 0.717) is 5.69 Å². The summed E-state index contributed by atoms with van der Waals surface area (Å²) >= 11 is 4.75. The molecule has 2 atom stereocenters. The Bertz CT molecular complexity index is 1100. The number of para-hydroxylation sites is 1. The largest absolute Gasteiger partial charge is 0.410 e. The number of aromatic nitrogens is 2. The molecule has 0 saturated carbocycles. The van der Waals surface area contributed by atoms with E-state index >= 15 is 0 Å². The lowest BCUT2D eigenvalue weighted by molar-refractivity contribution is -0.173. The molecule has 1 amide bonds. The van der Waals surface area contributed by atoms with E-state index in [1.807, 2.05) is 24.5 Å². The van der Waals surface area contributed by atoms with Gasteiger partial charge in [0.1, 0.15) is 5.82 Å². The van der Waals surface area contributed by atoms with Crippen LogP contribution in [0.3, 0.4) is 0 Å². The summed E-state index contributed by atoms with van der Waals surface area (Å²) in [7, 11) is 0. The number of thioether (sulfide) groups is 1. The van der Waals surface area contributed by atoms with Gasteiger partial charge in [0, 0.05) is 11.3 Å². The van der Waals surface area contributed by atoms with E-state index in [4.69, 9.17) is 0 Å². The second-order valence-electron chi connectivity index (χ2n) is 7.01. The van der Waals surface area contributed by atoms with Gasteiger partial charge in [0.05, 0.1) is 16.2 Å². The smallest absolute Gasteiger partial charge is 0.362 e. The van der Waals surface area contributed by atoms with Gasteiger partial charge in [-0.1, -0.05) is 42.5 Å². The summed E-state index contributed by atoms with van der Waals surface area (Å²) in [4.78, 5) is 13.7. The summed E-state index contributed by atoms with van der Waals surface area (Å²) in [6.45, 7) is 0. The maximum absolute atomic E-state index is 13.9. The molecule has 5 nitrogen and oxygen atoms in total. The Morgan fingerprint density at radius 3 is 2.55 bits per heavy atom. The molecule has 0 spiro atoms. The number of alkyl halides is 3. The van der Waals surface area contributed by atoms with Crippen molar-refractivity contribution in [2.75, 3.05) is 16.9 Å². The van der Waals surface area contributed by atoms with Crippen LogP contribution in [0.2, 0.25) is 0 Å². The van der Waals surface area contributed by atoms with Crippen molar-refractivity contribution in [2.24, 2.45) is 0 Å². The zero-order chi connectivity index (χ0) is 22.2. The average molecular weight is 511 g/mol. The van der Waals surface area contributed by atoms with E-state index in [-0.39, 0.29) is 22.4 Å². The van der Waals surface area contributed by atoms with Crippen molar-refractivity contribution in [3.8, 4) is 0 Å². The van der Waals surface area contributed by atoms with Crippen LogP contribution in [0.4, 0.5) is 24.7 Å². The van der Waals surface area contributed by atoms with Crippen molar-refractivity contribution < 1.29 is 18.0 Å². The number of nitrogens with one attached hydrogen (secondary N) is 2. The number of carbonyl (C=O) groups excluding carboxylic acids is 1. The van der Waals surface area contributed by atoms with Gasteiger partial charge in [-0.2, -0.15) is 18.3 Å². The van der Waals surface area contributed by atoms with Crippen LogP contribution in [0, 0.1) is 0 Å². The number of anilines is 2. The van der Waals surface area contributed by atoms with Crippen molar-refractivity contribution in [3.63, 3.8) is 0 Å². The lowest BCUT2D eigenvalue weighted by atomic mass is 9.97. The molecular formula is C21H18BrF3N4OS. The van der Waals surface area contributed by atoms with E-state index in [0.717, 1.165) is 15.1 Å². The zero-order valence-electron chi connectivity index (χ0n) is 16.3. The van der Waals surface area contributed by atoms with E-state index < -0.39 is 24.2 Å². The van der Waals surface area contributed by atoms with Crippen LogP contribution in [0.1, 0.15) is 34.6 Å². The van der Waals surface area contributed by atoms with E-state index in [2.05, 4.69) is 31.7 Å². The molecule has 0 fully saturated rings. The Labute approximate surface area is 189 Å². The van der Waals surface area contributed by atoms with E-state index in [1.54, 1.807) is 36.4 Å². The maximum atomic E-state index is 13.9. The molecule has 1 aromatic heterocycles. The number of nitrogens with zero attached hydrogens (tertiary/aromatic N) is 2. The Morgan fingerprint density at radius 2 is 1.87 bits per heavy atom. The van der Waals surface area contributed by atoms with E-state index in [9.17, 15) is 18.0 Å². The molecule has 0 unspecified atom stereocenters. The van der Waals surface area contributed by atoms with Crippen molar-refractivity contribution >= 4 is 45.1 Å². The second-order valence-corrected chi connectivity index (χ2v) is 8.65. The van der Waals surface area contributed by atoms with Gasteiger partial charge in [0.25, 0.3) is 5.91 Å². The van der Waals surface area contributed by atoms with Crippen LogP contribution in [0.15, 0.2) is 64.0 Å². The topological polar surface area (TPSA) is 59.0 Å². The fourth-order valence-corrected chi connectivity index (χ4v) is 4.68. The molecule has 0 bridgehead atoms. The summed E-state index contributed by atoms with van der Waals surface area (Å²) < 4.78 is 42.7. The minimum atomic E-state index is -4.52. The molecule has 0 aliphatic carbocycles. The quantitative estimate of drug-likeness (QED) is 0.405. The van der Waals surface area contributed by atoms with Crippen LogP contribution < -0.4 is 10.6 Å². The third-order valence-corrected chi connectivity index (χ3v) is 6.61. The Balaban J connectivity index is 1.71. The Morgan fingerprint density at radius 1 is 1.19 bits per heavy atom. The summed E-state index contributed by atoms with van der Waals surface area (Å²) in [5.74, 6) is -0.458. The van der Waals surface area contributed by atoms with Crippen molar-refractivity contribution in [3.05, 3.63) is 70.3 Å². The summed E-state index contributed by atoms with van der Waals surface area (Å²) in [6.07, 6.45) is -2.88. The van der Waals surface area contributed by atoms with Crippen molar-refractivity contribution in [1.82, 2.24) is 9.78 Å². The standard InChI is InChI=1S/C21H18BrF3N4OS/c1-31-15-10-6-5-9-13(15)27-20(30)18-17(22)19-26-14(12-7-3-2-4-8-12)11-16(21(23,24)25)29(19)28-18/h2-10,14,16,26H,11H2,1H3,(H,27,30)/t14-,16+/m0/s1. The first-order valence-corrected chi connectivity index (χ1v) is 11.4. The molecule has 0 saturated heterocycles. The van der Waals surface area contributed by atoms with Gasteiger partial charge in [-0.25, -0.2) is 4.68 Å². The first-order chi connectivity index (χ1) is 14.8. The van der Waals surface area contributed by atoms with Crippen molar-refractivity contribution in [2.45, 2.75) is 29.6 Å². The summed E-state index contributed by atoms with van der Waals surface area (Å²) in [5.41, 5.74) is 1.19. The zero-order valence-corrected chi connectivity index (χ0v) is 18.7. The number of fused-ring (bicyclic) bond motifs is 1. The lowest BCUT2D eigenvalue weighted by Crippen LogP contribution is -2.35. The highest BCUT2D eigenvalue weighted by atomic mass is 79.9. The number of rotatable bonds is 4. The molecule has 0 radical (unpaired) electrons. The normalized spacial score (nSPS) is 18.2. The van der Waals surface area contributed by atoms with Crippen LogP contribution in [0.25, 0.3) is 0 Å². The molecule has 3 aromatic rings. The highest BCUT2D eigenvalue weighted by Crippen LogP contribution is 2.46. The highest BCUT2D eigenvalue weighted by molar-refractivity contribution is 9.10. The molecule has 1 aliphatic rings. The predicted octanol–water partition coefficient (Wildman–Crippen LogP) is 6.28. The minimum absolute atomic E-state index is 0.110. The molecule has 4 rings (SSSR count). The molecule has 162 valence electrons. The maximum Gasteiger partial charge on any atom is 0.410 e. The lowest BCUT2D eigenvalue weighted by Gasteiger charge is -2.33. The fourth-order valence-electron chi connectivity index (χ4n) is 3.57. The number of carbonyl (C=O) groups is 1. The Hall–Kier alpha value is -2.46. The van der Waals surface area contributed by atoms with Gasteiger partial charge in [-0.3, -0.25) is 4.79 Å². The van der Waals surface area contributed by atoms with E-state index in [1.165, 1.54) is 11.8 Å². The van der Waals surface area contributed by atoms with Crippen LogP contribution in [0.5, 0.6) is 0 Å². The first kappa shape index (κ1) is 21.8. The summed E-state index contributed by atoms with van der Waals surface area (Å²) in [6, 6.07) is 13.7. The van der Waals surface area contributed by atoms with Gasteiger partial charge < -0.3 is 10.6 Å². The monoisotopic (exact) mass is 510 g/mol. The molecule has 10 heteroatoms. The van der Waals surface area contributed by atoms with Crippen LogP contribution in [-0.2, 0) is 0 Å². The predicted molar refractivity (Wildman–Crippen MR) is 119 cm³/mol. The third kappa shape index (κ3) is 4.31. The molecule has 31 heavy (non-hydrogen) atoms. The highest BCUT2D eigenvalue weighted by Gasteiger charge is 2.47. The number of hydrogen-bond donors (Lipinski definition) is 2. The summed E-state index contributed by atoms with van der Waals surface area (Å²) in [5, 5.41) is 9.91. The molecule has 2 heterocycles. The molecule has 1 aliphatic heterocycles. The number of hydrogen-bond acceptors (Lipinski definition) is 4.